The molecule has 0 unspecified atom stereocenters. The van der Waals surface area contributed by atoms with E-state index in [0.717, 1.165) is 0 Å². The van der Waals surface area contributed by atoms with Crippen LogP contribution in [0, 0.1) is 0 Å². The fraction of sp³-hybridized carbons (Fsp3) is 0.500. The fourth-order valence-corrected chi connectivity index (χ4v) is 4.47. The van der Waals surface area contributed by atoms with Gasteiger partial charge < -0.3 is 4.42 Å². The van der Waals surface area contributed by atoms with Crippen LogP contribution < -0.4 is 0 Å². The molecule has 2 heterocycles. The molecule has 0 N–H and O–H groups in total. The Bertz CT molecular complexity index is 879. The summed E-state index contributed by atoms with van der Waals surface area (Å²) in [7, 11) is -3.56. The molecule has 26 heavy (non-hydrogen) atoms. The SMILES string of the molecule is CC(=O)c1ccc(S(=O)(=O)N2CCC(c3nnc(C(C)C)o3)CC2)cc1. The topological polar surface area (TPSA) is 93.4 Å². The summed E-state index contributed by atoms with van der Waals surface area (Å²) in [6, 6.07) is 6.08. The van der Waals surface area contributed by atoms with Gasteiger partial charge in [-0.15, -0.1) is 10.2 Å². The summed E-state index contributed by atoms with van der Waals surface area (Å²) in [6.45, 7) is 6.24. The second-order valence-electron chi connectivity index (χ2n) is 6.89. The molecule has 3 rings (SSSR count). The van der Waals surface area contributed by atoms with Gasteiger partial charge in [-0.1, -0.05) is 26.0 Å². The van der Waals surface area contributed by atoms with Crippen LogP contribution in [0.4, 0.5) is 0 Å². The molecule has 1 aromatic heterocycles. The van der Waals surface area contributed by atoms with Crippen molar-refractivity contribution < 1.29 is 17.6 Å². The number of carbonyl (C=O) groups excluding carboxylic acids is 1. The van der Waals surface area contributed by atoms with E-state index in [2.05, 4.69) is 10.2 Å². The average molecular weight is 377 g/mol. The molecule has 0 bridgehead atoms. The minimum atomic E-state index is -3.56. The van der Waals surface area contributed by atoms with Crippen LogP contribution in [0.3, 0.4) is 0 Å². The van der Waals surface area contributed by atoms with E-state index >= 15 is 0 Å². The zero-order chi connectivity index (χ0) is 18.9. The van der Waals surface area contributed by atoms with Gasteiger partial charge in [-0.2, -0.15) is 4.31 Å². The third kappa shape index (κ3) is 3.71. The van der Waals surface area contributed by atoms with E-state index in [9.17, 15) is 13.2 Å². The lowest BCUT2D eigenvalue weighted by molar-refractivity contribution is 0.101. The van der Waals surface area contributed by atoms with Crippen molar-refractivity contribution in [1.82, 2.24) is 14.5 Å². The van der Waals surface area contributed by atoms with Gasteiger partial charge >= 0.3 is 0 Å². The maximum absolute atomic E-state index is 12.8. The second-order valence-corrected chi connectivity index (χ2v) is 8.83. The van der Waals surface area contributed by atoms with E-state index in [-0.39, 0.29) is 22.5 Å². The smallest absolute Gasteiger partial charge is 0.243 e. The van der Waals surface area contributed by atoms with Gasteiger partial charge in [0.1, 0.15) is 0 Å². The van der Waals surface area contributed by atoms with E-state index in [1.807, 2.05) is 13.8 Å². The predicted molar refractivity (Wildman–Crippen MR) is 95.6 cm³/mol. The summed E-state index contributed by atoms with van der Waals surface area (Å²) in [6.07, 6.45) is 1.29. The Kier molecular flexibility index (Phi) is 5.24. The van der Waals surface area contributed by atoms with Crippen molar-refractivity contribution in [1.29, 1.82) is 0 Å². The molecule has 1 aliphatic heterocycles. The number of carbonyl (C=O) groups is 1. The quantitative estimate of drug-likeness (QED) is 0.744. The van der Waals surface area contributed by atoms with Gasteiger partial charge in [-0.25, -0.2) is 8.42 Å². The summed E-state index contributed by atoms with van der Waals surface area (Å²) in [5, 5.41) is 8.17. The van der Waals surface area contributed by atoms with E-state index < -0.39 is 10.0 Å². The number of aromatic nitrogens is 2. The summed E-state index contributed by atoms with van der Waals surface area (Å²) in [4.78, 5) is 11.6. The minimum Gasteiger partial charge on any atom is -0.425 e. The molecule has 140 valence electrons. The largest absolute Gasteiger partial charge is 0.425 e. The summed E-state index contributed by atoms with van der Waals surface area (Å²) in [5.74, 6) is 1.38. The van der Waals surface area contributed by atoms with E-state index in [1.54, 1.807) is 12.1 Å². The third-order valence-electron chi connectivity index (χ3n) is 4.65. The number of rotatable bonds is 5. The average Bonchev–Trinajstić information content (AvgIpc) is 3.12. The first-order valence-corrected chi connectivity index (χ1v) is 10.2. The second kappa shape index (κ2) is 7.28. The van der Waals surface area contributed by atoms with Gasteiger partial charge in [0.2, 0.25) is 21.8 Å². The van der Waals surface area contributed by atoms with Crippen LogP contribution in [0.5, 0.6) is 0 Å². The Morgan fingerprint density at radius 2 is 1.77 bits per heavy atom. The van der Waals surface area contributed by atoms with Crippen LogP contribution in [0.15, 0.2) is 33.6 Å². The van der Waals surface area contributed by atoms with Crippen LogP contribution in [-0.4, -0.2) is 41.8 Å². The molecule has 0 saturated carbocycles. The molecule has 0 radical (unpaired) electrons. The van der Waals surface area contributed by atoms with Crippen molar-refractivity contribution >= 4 is 15.8 Å². The van der Waals surface area contributed by atoms with Crippen LogP contribution in [0.2, 0.25) is 0 Å². The molecule has 7 nitrogen and oxygen atoms in total. The van der Waals surface area contributed by atoms with E-state index in [1.165, 1.54) is 23.4 Å². The highest BCUT2D eigenvalue weighted by Crippen LogP contribution is 2.31. The van der Waals surface area contributed by atoms with Gasteiger partial charge in [-0.3, -0.25) is 4.79 Å². The first-order valence-electron chi connectivity index (χ1n) is 8.73. The molecule has 0 atom stereocenters. The maximum atomic E-state index is 12.8. The van der Waals surface area contributed by atoms with Crippen molar-refractivity contribution in [2.45, 2.75) is 50.3 Å². The van der Waals surface area contributed by atoms with Crippen molar-refractivity contribution in [3.05, 3.63) is 41.6 Å². The highest BCUT2D eigenvalue weighted by atomic mass is 32.2. The lowest BCUT2D eigenvalue weighted by atomic mass is 9.98. The number of hydrogen-bond donors (Lipinski definition) is 0. The van der Waals surface area contributed by atoms with Crippen LogP contribution in [0.1, 0.15) is 67.6 Å². The predicted octanol–water partition coefficient (Wildman–Crippen LogP) is 2.96. The van der Waals surface area contributed by atoms with Crippen molar-refractivity contribution in [2.75, 3.05) is 13.1 Å². The molecule has 1 saturated heterocycles. The number of nitrogens with zero attached hydrogens (tertiary/aromatic N) is 3. The minimum absolute atomic E-state index is 0.0848. The molecule has 0 amide bonds. The molecule has 1 fully saturated rings. The lowest BCUT2D eigenvalue weighted by Gasteiger charge is -2.29. The highest BCUT2D eigenvalue weighted by molar-refractivity contribution is 7.89. The van der Waals surface area contributed by atoms with Gasteiger partial charge in [0, 0.05) is 30.5 Å². The van der Waals surface area contributed by atoms with Crippen molar-refractivity contribution in [3.8, 4) is 0 Å². The Morgan fingerprint density at radius 1 is 1.15 bits per heavy atom. The Hall–Kier alpha value is -2.06. The van der Waals surface area contributed by atoms with Gasteiger partial charge in [0.05, 0.1) is 4.90 Å². The van der Waals surface area contributed by atoms with Gasteiger partial charge in [0.25, 0.3) is 0 Å². The Morgan fingerprint density at radius 3 is 2.27 bits per heavy atom. The summed E-state index contributed by atoms with van der Waals surface area (Å²) < 4.78 is 32.8. The van der Waals surface area contributed by atoms with Gasteiger partial charge in [-0.05, 0) is 31.9 Å². The highest BCUT2D eigenvalue weighted by Gasteiger charge is 2.32. The first kappa shape index (κ1) is 18.7. The number of Topliss-reactive ketones (excluding diaryl/α,β-unsaturated/α-hetero) is 1. The van der Waals surface area contributed by atoms with Crippen molar-refractivity contribution in [3.63, 3.8) is 0 Å². The molecular weight excluding hydrogens is 354 g/mol. The standard InChI is InChI=1S/C18H23N3O4S/c1-12(2)17-19-20-18(25-17)15-8-10-21(11-9-15)26(23,24)16-6-4-14(5-7-16)13(3)22/h4-7,12,15H,8-11H2,1-3H3. The van der Waals surface area contributed by atoms with E-state index in [0.29, 0.717) is 43.3 Å². The van der Waals surface area contributed by atoms with Crippen LogP contribution in [0.25, 0.3) is 0 Å². The number of hydrogen-bond acceptors (Lipinski definition) is 6. The van der Waals surface area contributed by atoms with Crippen LogP contribution in [-0.2, 0) is 10.0 Å². The Balaban J connectivity index is 1.69. The van der Waals surface area contributed by atoms with Crippen molar-refractivity contribution in [2.24, 2.45) is 0 Å². The molecular formula is C18H23N3O4S. The summed E-state index contributed by atoms with van der Waals surface area (Å²) >= 11 is 0. The first-order chi connectivity index (χ1) is 12.3. The lowest BCUT2D eigenvalue weighted by Crippen LogP contribution is -2.38. The van der Waals surface area contributed by atoms with Crippen LogP contribution >= 0.6 is 0 Å². The summed E-state index contributed by atoms with van der Waals surface area (Å²) in [5.41, 5.74) is 0.500. The zero-order valence-electron chi connectivity index (χ0n) is 15.2. The Labute approximate surface area is 153 Å². The van der Waals surface area contributed by atoms with Gasteiger partial charge in [0.15, 0.2) is 5.78 Å². The molecule has 0 aliphatic carbocycles. The maximum Gasteiger partial charge on any atom is 0.243 e. The fourth-order valence-electron chi connectivity index (χ4n) is 3.00. The third-order valence-corrected chi connectivity index (χ3v) is 6.56. The molecule has 8 heteroatoms. The zero-order valence-corrected chi connectivity index (χ0v) is 16.0. The number of ketones is 1. The molecule has 1 aliphatic rings. The molecule has 0 spiro atoms. The van der Waals surface area contributed by atoms with E-state index in [4.69, 9.17) is 4.42 Å². The monoisotopic (exact) mass is 377 g/mol. The number of piperidine rings is 1. The number of benzene rings is 1. The molecule has 1 aromatic carbocycles. The molecule has 2 aromatic rings. The normalized spacial score (nSPS) is 16.9. The number of sulfonamides is 1.